The molecule has 0 aromatic heterocycles. The zero-order valence-corrected chi connectivity index (χ0v) is 41.2. The zero-order chi connectivity index (χ0) is 47.8. The molecule has 0 radical (unpaired) electrons. The fourth-order valence-electron chi connectivity index (χ4n) is 14.5. The number of phenolic OH excluding ortho intramolecular Hbond substituents is 1. The second-order valence-corrected chi connectivity index (χ2v) is 22.2. The van der Waals surface area contributed by atoms with E-state index in [4.69, 9.17) is 23.7 Å². The maximum atomic E-state index is 13.4. The Morgan fingerprint density at radius 1 is 0.727 bits per heavy atom. The monoisotopic (exact) mass is 909 g/mol. The average Bonchev–Trinajstić information content (AvgIpc) is 3.43. The summed E-state index contributed by atoms with van der Waals surface area (Å²) >= 11 is 0. The molecule has 0 saturated heterocycles. The van der Waals surface area contributed by atoms with Crippen molar-refractivity contribution in [2.45, 2.75) is 144 Å². The summed E-state index contributed by atoms with van der Waals surface area (Å²) in [5.74, 6) is 1.99. The number of phenols is 1. The van der Waals surface area contributed by atoms with E-state index in [1.54, 1.807) is 48.1 Å². The number of aromatic hydroxyl groups is 1. The highest BCUT2D eigenvalue weighted by atomic mass is 16.6. The summed E-state index contributed by atoms with van der Waals surface area (Å²) < 4.78 is 28.6. The molecule has 0 amide bonds. The Labute approximate surface area is 393 Å². The Morgan fingerprint density at radius 2 is 1.38 bits per heavy atom. The number of methoxy groups -OCH3 is 3. The highest BCUT2D eigenvalue weighted by Gasteiger charge is 2.63. The van der Waals surface area contributed by atoms with Crippen molar-refractivity contribution in [2.24, 2.45) is 50.7 Å². The van der Waals surface area contributed by atoms with Crippen LogP contribution in [0.1, 0.15) is 137 Å². The van der Waals surface area contributed by atoms with Gasteiger partial charge in [0.15, 0.2) is 23.0 Å². The SMILES string of the molecule is COc1cc(/C=C/C(O)/C=C(O)/C=C/c2ccc(OC(=O)CCC(=O)O[C@@H]3CC[C@]4(C)[C@H]5CCC6[C@@](C)(CCC7C(C)(C)[C@@H](OC)CC[C@@]76C)CC5=CC[C@H]4C3(C)C)c(OC)c2)ccc1O. The van der Waals surface area contributed by atoms with E-state index in [1.165, 1.54) is 77.0 Å². The molecule has 4 saturated carbocycles. The number of ether oxygens (including phenoxy) is 5. The molecule has 5 aliphatic rings. The van der Waals surface area contributed by atoms with E-state index in [0.717, 1.165) is 25.7 Å². The Kier molecular flexibility index (Phi) is 14.4. The minimum atomic E-state index is -1.08. The van der Waals surface area contributed by atoms with E-state index >= 15 is 0 Å². The van der Waals surface area contributed by atoms with E-state index < -0.39 is 12.1 Å². The summed E-state index contributed by atoms with van der Waals surface area (Å²) in [6, 6.07) is 9.74. The number of rotatable bonds is 13. The quantitative estimate of drug-likeness (QED) is 0.0585. The minimum absolute atomic E-state index is 0.0118. The van der Waals surface area contributed by atoms with Crippen LogP contribution in [0.5, 0.6) is 23.0 Å². The van der Waals surface area contributed by atoms with Gasteiger partial charge in [-0.15, -0.1) is 0 Å². The maximum Gasteiger partial charge on any atom is 0.311 e. The molecule has 10 atom stereocenters. The molecule has 4 fully saturated rings. The molecule has 0 spiro atoms. The predicted molar refractivity (Wildman–Crippen MR) is 258 cm³/mol. The number of fused-ring (bicyclic) bond motifs is 6. The molecule has 10 heteroatoms. The first-order valence-electron chi connectivity index (χ1n) is 24.3. The summed E-state index contributed by atoms with van der Waals surface area (Å²) in [5.41, 5.74) is 3.74. The first-order chi connectivity index (χ1) is 31.2. The number of allylic oxidation sites excluding steroid dienone is 3. The van der Waals surface area contributed by atoms with Gasteiger partial charge in [-0.3, -0.25) is 9.59 Å². The first kappa shape index (κ1) is 49.4. The van der Waals surface area contributed by atoms with Gasteiger partial charge in [0.25, 0.3) is 0 Å². The number of carbonyl (C=O) groups excluding carboxylic acids is 2. The van der Waals surface area contributed by atoms with Gasteiger partial charge in [0, 0.05) is 12.5 Å². The third kappa shape index (κ3) is 9.60. The summed E-state index contributed by atoms with van der Waals surface area (Å²) in [6.45, 7) is 17.3. The number of carbonyl (C=O) groups is 2. The number of benzene rings is 2. The molecule has 66 heavy (non-hydrogen) atoms. The van der Waals surface area contributed by atoms with Gasteiger partial charge in [-0.25, -0.2) is 0 Å². The molecular weight excluding hydrogens is 833 g/mol. The number of esters is 2. The number of hydrogen-bond donors (Lipinski definition) is 3. The largest absolute Gasteiger partial charge is 0.508 e. The van der Waals surface area contributed by atoms with Crippen molar-refractivity contribution < 1.29 is 48.6 Å². The Hall–Kier alpha value is -4.54. The summed E-state index contributed by atoms with van der Waals surface area (Å²) in [6.07, 6.45) is 20.4. The normalized spacial score (nSPS) is 33.0. The molecule has 0 bridgehead atoms. The molecule has 0 aliphatic heterocycles. The van der Waals surface area contributed by atoms with Crippen molar-refractivity contribution in [1.29, 1.82) is 0 Å². The third-order valence-electron chi connectivity index (χ3n) is 17.8. The molecule has 2 aromatic rings. The van der Waals surface area contributed by atoms with Gasteiger partial charge in [-0.05, 0) is 157 Å². The fraction of sp³-hybridized carbons (Fsp3) is 0.607. The van der Waals surface area contributed by atoms with Crippen molar-refractivity contribution in [2.75, 3.05) is 21.3 Å². The summed E-state index contributed by atoms with van der Waals surface area (Å²) in [4.78, 5) is 26.5. The molecule has 360 valence electrons. The number of aliphatic hydroxyl groups is 2. The van der Waals surface area contributed by atoms with Crippen LogP contribution in [0.15, 0.2) is 72.0 Å². The molecule has 3 N–H and O–H groups in total. The highest BCUT2D eigenvalue weighted by molar-refractivity contribution is 5.79. The Balaban J connectivity index is 0.920. The van der Waals surface area contributed by atoms with Gasteiger partial charge in [-0.2, -0.15) is 0 Å². The van der Waals surface area contributed by atoms with E-state index in [0.29, 0.717) is 63.2 Å². The van der Waals surface area contributed by atoms with Crippen LogP contribution in [0, 0.1) is 50.7 Å². The smallest absolute Gasteiger partial charge is 0.311 e. The van der Waals surface area contributed by atoms with E-state index in [9.17, 15) is 24.9 Å². The van der Waals surface area contributed by atoms with Crippen molar-refractivity contribution in [3.05, 3.63) is 83.2 Å². The van der Waals surface area contributed by atoms with Crippen molar-refractivity contribution in [3.8, 4) is 23.0 Å². The molecule has 7 rings (SSSR count). The molecule has 2 aromatic carbocycles. The van der Waals surface area contributed by atoms with Gasteiger partial charge in [0.2, 0.25) is 0 Å². The number of hydrogen-bond acceptors (Lipinski definition) is 10. The van der Waals surface area contributed by atoms with Gasteiger partial charge >= 0.3 is 11.9 Å². The van der Waals surface area contributed by atoms with Crippen LogP contribution in [-0.4, -0.2) is 66.9 Å². The van der Waals surface area contributed by atoms with Crippen molar-refractivity contribution in [3.63, 3.8) is 0 Å². The molecule has 10 nitrogen and oxygen atoms in total. The van der Waals surface area contributed by atoms with Crippen LogP contribution < -0.4 is 14.2 Å². The maximum absolute atomic E-state index is 13.4. The lowest BCUT2D eigenvalue weighted by atomic mass is 9.42. The van der Waals surface area contributed by atoms with Gasteiger partial charge < -0.3 is 39.0 Å². The standard InChI is InChI=1S/C56H76O10/c1-52(2)46-25-28-54(5)34-37-15-21-45-53(3,4)49(27-29-55(45,6)40(37)18-22-47(54)56(46,7)30-26-48(52)64-10)66-51(61)24-23-50(60)65-42-20-14-36(32-44(42)63-9)12-17-39(58)33-38(57)16-11-35-13-19-41(59)43(31-35)62-8/h11-17,19-20,31-33,38,40,45-49,57-59H,18,21-30,34H2,1-10H3/b16-11+,17-12+,39-33-/t38?,40-,45-,46?,47?,48-,49+,54-,55+,56-/m0/s1. The van der Waals surface area contributed by atoms with E-state index in [2.05, 4.69) is 54.5 Å². The van der Waals surface area contributed by atoms with E-state index in [1.807, 2.05) is 7.11 Å². The average molecular weight is 909 g/mol. The predicted octanol–water partition coefficient (Wildman–Crippen LogP) is 12.0. The van der Waals surface area contributed by atoms with Crippen LogP contribution >= 0.6 is 0 Å². The zero-order valence-electron chi connectivity index (χ0n) is 41.2. The fourth-order valence-corrected chi connectivity index (χ4v) is 14.5. The van der Waals surface area contributed by atoms with Crippen molar-refractivity contribution in [1.82, 2.24) is 0 Å². The van der Waals surface area contributed by atoms with Crippen LogP contribution in [0.4, 0.5) is 0 Å². The topological polar surface area (TPSA) is 141 Å². The van der Waals surface area contributed by atoms with Gasteiger partial charge in [0.1, 0.15) is 11.9 Å². The van der Waals surface area contributed by atoms with Crippen LogP contribution in [0.25, 0.3) is 12.2 Å². The van der Waals surface area contributed by atoms with Crippen LogP contribution in [-0.2, 0) is 19.1 Å². The number of aliphatic hydroxyl groups excluding tert-OH is 2. The van der Waals surface area contributed by atoms with Gasteiger partial charge in [0.05, 0.1) is 39.3 Å². The second kappa shape index (κ2) is 19.2. The lowest BCUT2D eigenvalue weighted by Crippen LogP contribution is -2.58. The molecular formula is C56H76O10. The second-order valence-electron chi connectivity index (χ2n) is 22.2. The van der Waals surface area contributed by atoms with Gasteiger partial charge in [-0.1, -0.05) is 90.5 Å². The lowest BCUT2D eigenvalue weighted by molar-refractivity contribution is -0.178. The molecule has 3 unspecified atom stereocenters. The Morgan fingerprint density at radius 3 is 2.11 bits per heavy atom. The van der Waals surface area contributed by atoms with E-state index in [-0.39, 0.29) is 58.4 Å². The van der Waals surface area contributed by atoms with Crippen LogP contribution in [0.2, 0.25) is 0 Å². The third-order valence-corrected chi connectivity index (χ3v) is 17.8. The highest BCUT2D eigenvalue weighted by Crippen LogP contribution is 2.70. The lowest BCUT2D eigenvalue weighted by Gasteiger charge is -2.64. The Bertz CT molecular complexity index is 2230. The van der Waals surface area contributed by atoms with Crippen molar-refractivity contribution >= 4 is 24.1 Å². The molecule has 0 heterocycles. The summed E-state index contributed by atoms with van der Waals surface area (Å²) in [7, 11) is 4.82. The molecule has 5 aliphatic carbocycles. The first-order valence-corrected chi connectivity index (χ1v) is 24.3. The summed E-state index contributed by atoms with van der Waals surface area (Å²) in [5, 5.41) is 30.6. The van der Waals surface area contributed by atoms with Crippen LogP contribution in [0.3, 0.4) is 0 Å². The minimum Gasteiger partial charge on any atom is -0.508 e.